The Morgan fingerprint density at radius 1 is 1.43 bits per heavy atom. The van der Waals surface area contributed by atoms with Crippen LogP contribution in [-0.4, -0.2) is 30.1 Å². The standard InChI is InChI=1S/C13H14N6O3S/c1-8(2)6-18-13(15-16-17-18)23-7-12-14-10-5-9(19(20)21)3-4-11(10)22-12/h3-5,8H,6-7H2,1-2H3. The number of hydrogen-bond donors (Lipinski definition) is 0. The Bertz CT molecular complexity index is 843. The molecule has 0 bridgehead atoms. The fraction of sp³-hybridized carbons (Fsp3) is 0.385. The zero-order valence-corrected chi connectivity index (χ0v) is 13.4. The summed E-state index contributed by atoms with van der Waals surface area (Å²) in [6.07, 6.45) is 0. The molecule has 0 aliphatic carbocycles. The van der Waals surface area contributed by atoms with Crippen molar-refractivity contribution in [3.63, 3.8) is 0 Å². The molecule has 1 aromatic carbocycles. The highest BCUT2D eigenvalue weighted by molar-refractivity contribution is 7.98. The Balaban J connectivity index is 1.75. The summed E-state index contributed by atoms with van der Waals surface area (Å²) in [5.74, 6) is 1.35. The molecule has 10 heteroatoms. The predicted molar refractivity (Wildman–Crippen MR) is 82.9 cm³/mol. The van der Waals surface area contributed by atoms with Gasteiger partial charge in [0.1, 0.15) is 5.52 Å². The van der Waals surface area contributed by atoms with Crippen LogP contribution in [0.15, 0.2) is 27.8 Å². The summed E-state index contributed by atoms with van der Waals surface area (Å²) < 4.78 is 7.33. The maximum atomic E-state index is 10.8. The third-order valence-corrected chi connectivity index (χ3v) is 3.93. The molecule has 0 amide bonds. The number of nitrogens with zero attached hydrogens (tertiary/aromatic N) is 6. The van der Waals surface area contributed by atoms with Gasteiger partial charge in [-0.05, 0) is 22.4 Å². The molecule has 0 unspecified atom stereocenters. The summed E-state index contributed by atoms with van der Waals surface area (Å²) in [5, 5.41) is 23.1. The van der Waals surface area contributed by atoms with Gasteiger partial charge in [-0.2, -0.15) is 0 Å². The van der Waals surface area contributed by atoms with Crippen LogP contribution in [-0.2, 0) is 12.3 Å². The van der Waals surface area contributed by atoms with Crippen molar-refractivity contribution in [1.29, 1.82) is 0 Å². The van der Waals surface area contributed by atoms with Gasteiger partial charge >= 0.3 is 0 Å². The smallest absolute Gasteiger partial charge is 0.271 e. The van der Waals surface area contributed by atoms with E-state index in [-0.39, 0.29) is 5.69 Å². The van der Waals surface area contributed by atoms with Crippen LogP contribution < -0.4 is 0 Å². The van der Waals surface area contributed by atoms with Gasteiger partial charge in [0, 0.05) is 18.7 Å². The molecule has 0 aliphatic rings. The number of benzene rings is 1. The third kappa shape index (κ3) is 3.47. The molecule has 0 radical (unpaired) electrons. The number of non-ortho nitro benzene ring substituents is 1. The molecule has 2 heterocycles. The van der Waals surface area contributed by atoms with E-state index in [0.717, 1.165) is 6.54 Å². The molecule has 0 fully saturated rings. The van der Waals surface area contributed by atoms with Gasteiger partial charge in [0.2, 0.25) is 11.0 Å². The molecule has 9 nitrogen and oxygen atoms in total. The zero-order valence-electron chi connectivity index (χ0n) is 12.5. The van der Waals surface area contributed by atoms with Crippen molar-refractivity contribution in [2.45, 2.75) is 31.3 Å². The van der Waals surface area contributed by atoms with E-state index >= 15 is 0 Å². The lowest BCUT2D eigenvalue weighted by molar-refractivity contribution is -0.384. The van der Waals surface area contributed by atoms with Gasteiger partial charge in [-0.3, -0.25) is 10.1 Å². The van der Waals surface area contributed by atoms with Crippen molar-refractivity contribution in [2.75, 3.05) is 0 Å². The van der Waals surface area contributed by atoms with Crippen LogP contribution in [0.1, 0.15) is 19.7 Å². The highest BCUT2D eigenvalue weighted by atomic mass is 32.2. The second-order valence-electron chi connectivity index (χ2n) is 5.34. The molecule has 120 valence electrons. The summed E-state index contributed by atoms with van der Waals surface area (Å²) in [7, 11) is 0. The number of thioether (sulfide) groups is 1. The highest BCUT2D eigenvalue weighted by Crippen LogP contribution is 2.25. The molecule has 0 saturated heterocycles. The number of oxazole rings is 1. The first-order valence-electron chi connectivity index (χ1n) is 6.95. The minimum atomic E-state index is -0.456. The summed E-state index contributed by atoms with van der Waals surface area (Å²) in [5.41, 5.74) is 0.982. The zero-order chi connectivity index (χ0) is 16.4. The quantitative estimate of drug-likeness (QED) is 0.384. The first kappa shape index (κ1) is 15.4. The lowest BCUT2D eigenvalue weighted by Gasteiger charge is -2.05. The molecule has 0 aliphatic heterocycles. The molecule has 0 saturated carbocycles. The number of tetrazole rings is 1. The lowest BCUT2D eigenvalue weighted by Crippen LogP contribution is -2.07. The first-order chi connectivity index (χ1) is 11.0. The summed E-state index contributed by atoms with van der Waals surface area (Å²) in [6, 6.07) is 4.35. The summed E-state index contributed by atoms with van der Waals surface area (Å²) in [4.78, 5) is 14.6. The van der Waals surface area contributed by atoms with Crippen LogP contribution in [0, 0.1) is 16.0 Å². The molecular formula is C13H14N6O3S. The average molecular weight is 334 g/mol. The van der Waals surface area contributed by atoms with E-state index in [4.69, 9.17) is 4.42 Å². The van der Waals surface area contributed by atoms with Crippen LogP contribution in [0.2, 0.25) is 0 Å². The van der Waals surface area contributed by atoms with E-state index < -0.39 is 4.92 Å². The second-order valence-corrected chi connectivity index (χ2v) is 6.29. The van der Waals surface area contributed by atoms with Crippen LogP contribution in [0.25, 0.3) is 11.1 Å². The Labute approximate surface area is 135 Å². The van der Waals surface area contributed by atoms with Gasteiger partial charge < -0.3 is 4.42 Å². The van der Waals surface area contributed by atoms with Crippen molar-refractivity contribution in [3.05, 3.63) is 34.2 Å². The van der Waals surface area contributed by atoms with Gasteiger partial charge in [0.05, 0.1) is 10.7 Å². The third-order valence-electron chi connectivity index (χ3n) is 2.99. The Morgan fingerprint density at radius 2 is 2.26 bits per heavy atom. The van der Waals surface area contributed by atoms with Crippen molar-refractivity contribution >= 4 is 28.5 Å². The number of nitro benzene ring substituents is 1. The molecular weight excluding hydrogens is 320 g/mol. The van der Waals surface area contributed by atoms with Crippen molar-refractivity contribution < 1.29 is 9.34 Å². The Hall–Kier alpha value is -2.49. The maximum Gasteiger partial charge on any atom is 0.271 e. The lowest BCUT2D eigenvalue weighted by atomic mass is 10.2. The van der Waals surface area contributed by atoms with Gasteiger partial charge in [-0.1, -0.05) is 25.6 Å². The highest BCUT2D eigenvalue weighted by Gasteiger charge is 2.14. The number of nitro groups is 1. The molecule has 23 heavy (non-hydrogen) atoms. The molecule has 3 rings (SSSR count). The predicted octanol–water partition coefficient (Wildman–Crippen LogP) is 2.67. The number of aromatic nitrogens is 5. The molecule has 3 aromatic rings. The van der Waals surface area contributed by atoms with E-state index in [1.54, 1.807) is 10.7 Å². The fourth-order valence-electron chi connectivity index (χ4n) is 2.03. The minimum absolute atomic E-state index is 0.00844. The molecule has 0 spiro atoms. The number of fused-ring (bicyclic) bond motifs is 1. The SMILES string of the molecule is CC(C)Cn1nnnc1SCc1nc2cc([N+](=O)[O-])ccc2o1. The maximum absolute atomic E-state index is 10.8. The van der Waals surface area contributed by atoms with Crippen LogP contribution in [0.5, 0.6) is 0 Å². The summed E-state index contributed by atoms with van der Waals surface area (Å²) in [6.45, 7) is 4.91. The van der Waals surface area contributed by atoms with E-state index in [9.17, 15) is 10.1 Å². The Morgan fingerprint density at radius 3 is 3.00 bits per heavy atom. The monoisotopic (exact) mass is 334 g/mol. The van der Waals surface area contributed by atoms with Crippen LogP contribution >= 0.6 is 11.8 Å². The first-order valence-corrected chi connectivity index (χ1v) is 7.94. The summed E-state index contributed by atoms with van der Waals surface area (Å²) >= 11 is 1.41. The molecule has 2 aromatic heterocycles. The van der Waals surface area contributed by atoms with Gasteiger partial charge in [-0.25, -0.2) is 9.67 Å². The number of rotatable bonds is 6. The van der Waals surface area contributed by atoms with Crippen molar-refractivity contribution in [2.24, 2.45) is 5.92 Å². The fourth-order valence-corrected chi connectivity index (χ4v) is 2.76. The second kappa shape index (κ2) is 6.32. The largest absolute Gasteiger partial charge is 0.440 e. The average Bonchev–Trinajstić information content (AvgIpc) is 3.09. The minimum Gasteiger partial charge on any atom is -0.440 e. The van der Waals surface area contributed by atoms with E-state index in [0.29, 0.717) is 33.8 Å². The van der Waals surface area contributed by atoms with Gasteiger partial charge in [-0.15, -0.1) is 5.10 Å². The number of hydrogen-bond acceptors (Lipinski definition) is 8. The molecule has 0 N–H and O–H groups in total. The van der Waals surface area contributed by atoms with Gasteiger partial charge in [0.25, 0.3) is 5.69 Å². The van der Waals surface area contributed by atoms with E-state index in [1.807, 2.05) is 0 Å². The molecule has 0 atom stereocenters. The van der Waals surface area contributed by atoms with E-state index in [2.05, 4.69) is 34.4 Å². The van der Waals surface area contributed by atoms with E-state index in [1.165, 1.54) is 23.9 Å². The normalized spacial score (nSPS) is 11.4. The topological polar surface area (TPSA) is 113 Å². The van der Waals surface area contributed by atoms with Crippen LogP contribution in [0.4, 0.5) is 5.69 Å². The Kier molecular flexibility index (Phi) is 4.24. The van der Waals surface area contributed by atoms with Crippen molar-refractivity contribution in [1.82, 2.24) is 25.2 Å². The van der Waals surface area contributed by atoms with Crippen LogP contribution in [0.3, 0.4) is 0 Å². The van der Waals surface area contributed by atoms with Gasteiger partial charge in [0.15, 0.2) is 5.58 Å². The van der Waals surface area contributed by atoms with Crippen molar-refractivity contribution in [3.8, 4) is 0 Å².